The number of benzene rings is 1. The van der Waals surface area contributed by atoms with E-state index in [4.69, 9.17) is 23.4 Å². The Labute approximate surface area is 136 Å². The average Bonchev–Trinajstić information content (AvgIpc) is 3.14. The van der Waals surface area contributed by atoms with Crippen LogP contribution in [0.25, 0.3) is 11.0 Å². The molecule has 5 rings (SSSR count). The predicted octanol–water partition coefficient (Wildman–Crippen LogP) is 1.74. The molecule has 0 aliphatic carbocycles. The van der Waals surface area contributed by atoms with Crippen molar-refractivity contribution in [1.82, 2.24) is 0 Å². The van der Waals surface area contributed by atoms with Crippen molar-refractivity contribution < 1.29 is 28.2 Å². The van der Waals surface area contributed by atoms with Crippen molar-refractivity contribution in [1.29, 1.82) is 0 Å². The van der Waals surface area contributed by atoms with Gasteiger partial charge in [0.25, 0.3) is 0 Å². The average molecular weight is 330 g/mol. The van der Waals surface area contributed by atoms with Crippen LogP contribution < -0.4 is 15.1 Å². The molecule has 1 aromatic heterocycles. The first kappa shape index (κ1) is 13.9. The van der Waals surface area contributed by atoms with Crippen LogP contribution in [0.2, 0.25) is 0 Å². The van der Waals surface area contributed by atoms with Crippen molar-refractivity contribution in [2.75, 3.05) is 20.3 Å². The summed E-state index contributed by atoms with van der Waals surface area (Å²) in [5.41, 5.74) is 1.16. The van der Waals surface area contributed by atoms with Gasteiger partial charge in [-0.25, -0.2) is 9.59 Å². The van der Waals surface area contributed by atoms with E-state index in [1.807, 2.05) is 0 Å². The molecule has 0 spiro atoms. The van der Waals surface area contributed by atoms with E-state index in [1.54, 1.807) is 6.07 Å². The number of carbonyl (C=O) groups excluding carboxylic acids is 1. The molecule has 1 aromatic carbocycles. The molecule has 1 saturated heterocycles. The van der Waals surface area contributed by atoms with E-state index < -0.39 is 11.6 Å². The van der Waals surface area contributed by atoms with Crippen molar-refractivity contribution in [3.8, 4) is 11.5 Å². The van der Waals surface area contributed by atoms with E-state index >= 15 is 0 Å². The van der Waals surface area contributed by atoms with Crippen molar-refractivity contribution in [2.45, 2.75) is 25.0 Å². The van der Waals surface area contributed by atoms with Gasteiger partial charge in [-0.2, -0.15) is 0 Å². The Morgan fingerprint density at radius 3 is 2.96 bits per heavy atom. The monoisotopic (exact) mass is 330 g/mol. The second-order valence-electron chi connectivity index (χ2n) is 6.08. The van der Waals surface area contributed by atoms with Crippen molar-refractivity contribution in [2.24, 2.45) is 0 Å². The number of methoxy groups -OCH3 is 1. The van der Waals surface area contributed by atoms with Gasteiger partial charge in [0.2, 0.25) is 6.29 Å². The van der Waals surface area contributed by atoms with E-state index in [9.17, 15) is 9.59 Å². The van der Waals surface area contributed by atoms with Gasteiger partial charge in [0.05, 0.1) is 31.6 Å². The zero-order valence-corrected chi connectivity index (χ0v) is 12.9. The van der Waals surface area contributed by atoms with E-state index in [1.165, 1.54) is 7.11 Å². The SMILES string of the molecule is COc1cc2c(c3oc(=O)c4c(c13)CCOC4=O)[C@@H]1CCO[C@@H]1O2. The van der Waals surface area contributed by atoms with Gasteiger partial charge in [0, 0.05) is 18.1 Å². The van der Waals surface area contributed by atoms with Crippen molar-refractivity contribution in [3.05, 3.63) is 33.2 Å². The third-order valence-electron chi connectivity index (χ3n) is 4.91. The number of hydrogen-bond donors (Lipinski definition) is 0. The van der Waals surface area contributed by atoms with Gasteiger partial charge in [-0.15, -0.1) is 0 Å². The molecule has 0 bridgehead atoms. The Kier molecular flexibility index (Phi) is 2.73. The first-order valence-electron chi connectivity index (χ1n) is 7.85. The molecule has 0 N–H and O–H groups in total. The number of esters is 1. The number of hydrogen-bond acceptors (Lipinski definition) is 7. The van der Waals surface area contributed by atoms with Gasteiger partial charge in [-0.1, -0.05) is 0 Å². The molecular formula is C17H14O7. The van der Waals surface area contributed by atoms with Crippen LogP contribution in [0.4, 0.5) is 0 Å². The molecule has 0 radical (unpaired) electrons. The molecule has 124 valence electrons. The van der Waals surface area contributed by atoms with E-state index in [0.29, 0.717) is 41.1 Å². The van der Waals surface area contributed by atoms with Crippen LogP contribution in [0.3, 0.4) is 0 Å². The Morgan fingerprint density at radius 1 is 1.25 bits per heavy atom. The number of fused-ring (bicyclic) bond motifs is 7. The number of carbonyl (C=O) groups is 1. The van der Waals surface area contributed by atoms with Crippen LogP contribution in [0.1, 0.15) is 33.8 Å². The normalized spacial score (nSPS) is 24.1. The standard InChI is InChI=1S/C17H14O7/c1-20-9-6-10-12(8-3-5-22-17(8)23-10)14-11(9)7-2-4-21-15(18)13(7)16(19)24-14/h6,8,17H,2-5H2,1H3/t8-,17+/m0/s1. The summed E-state index contributed by atoms with van der Waals surface area (Å²) in [6, 6.07) is 1.78. The predicted molar refractivity (Wildman–Crippen MR) is 80.7 cm³/mol. The zero-order chi connectivity index (χ0) is 16.4. The quantitative estimate of drug-likeness (QED) is 0.581. The summed E-state index contributed by atoms with van der Waals surface area (Å²) in [6.45, 7) is 0.833. The summed E-state index contributed by atoms with van der Waals surface area (Å²) in [6.07, 6.45) is 0.882. The highest BCUT2D eigenvalue weighted by molar-refractivity contribution is 6.01. The first-order valence-corrected chi connectivity index (χ1v) is 7.85. The van der Waals surface area contributed by atoms with Gasteiger partial charge in [-0.3, -0.25) is 0 Å². The van der Waals surface area contributed by atoms with E-state index in [2.05, 4.69) is 0 Å². The molecular weight excluding hydrogens is 316 g/mol. The lowest BCUT2D eigenvalue weighted by Crippen LogP contribution is -2.26. The van der Waals surface area contributed by atoms with Crippen LogP contribution in [0.5, 0.6) is 11.5 Å². The topological polar surface area (TPSA) is 84.2 Å². The Morgan fingerprint density at radius 2 is 2.12 bits per heavy atom. The van der Waals surface area contributed by atoms with E-state index in [-0.39, 0.29) is 24.4 Å². The van der Waals surface area contributed by atoms with Crippen LogP contribution in [0.15, 0.2) is 15.3 Å². The van der Waals surface area contributed by atoms with Crippen LogP contribution in [0, 0.1) is 0 Å². The number of ether oxygens (including phenoxy) is 4. The first-order chi connectivity index (χ1) is 11.7. The molecule has 7 nitrogen and oxygen atoms in total. The fraction of sp³-hybridized carbons (Fsp3) is 0.412. The lowest BCUT2D eigenvalue weighted by molar-refractivity contribution is -0.0337. The molecule has 1 fully saturated rings. The molecule has 2 atom stereocenters. The summed E-state index contributed by atoms with van der Waals surface area (Å²) in [4.78, 5) is 24.4. The molecule has 3 aliphatic rings. The summed E-state index contributed by atoms with van der Waals surface area (Å²) in [7, 11) is 1.53. The maximum absolute atomic E-state index is 12.4. The molecule has 24 heavy (non-hydrogen) atoms. The fourth-order valence-electron chi connectivity index (χ4n) is 3.88. The minimum atomic E-state index is -0.681. The Bertz CT molecular complexity index is 942. The fourth-order valence-corrected chi connectivity index (χ4v) is 3.88. The van der Waals surface area contributed by atoms with Crippen molar-refractivity contribution >= 4 is 16.9 Å². The summed E-state index contributed by atoms with van der Waals surface area (Å²) in [5, 5.41) is 0.652. The van der Waals surface area contributed by atoms with Crippen LogP contribution in [-0.2, 0) is 15.9 Å². The van der Waals surface area contributed by atoms with Crippen LogP contribution >= 0.6 is 0 Å². The molecule has 0 unspecified atom stereocenters. The Balaban J connectivity index is 1.91. The maximum atomic E-state index is 12.4. The highest BCUT2D eigenvalue weighted by Gasteiger charge is 2.43. The second-order valence-corrected chi connectivity index (χ2v) is 6.08. The van der Waals surface area contributed by atoms with Gasteiger partial charge in [0.1, 0.15) is 22.6 Å². The minimum absolute atomic E-state index is 0.0187. The summed E-state index contributed by atoms with van der Waals surface area (Å²) < 4.78 is 27.4. The largest absolute Gasteiger partial charge is 0.496 e. The molecule has 3 aliphatic heterocycles. The lowest BCUT2D eigenvalue weighted by Gasteiger charge is -2.19. The van der Waals surface area contributed by atoms with Gasteiger partial charge in [-0.05, 0) is 12.0 Å². The number of cyclic esters (lactones) is 1. The van der Waals surface area contributed by atoms with Crippen LogP contribution in [-0.4, -0.2) is 32.6 Å². The molecule has 0 amide bonds. The third-order valence-corrected chi connectivity index (χ3v) is 4.91. The maximum Gasteiger partial charge on any atom is 0.351 e. The molecule has 0 saturated carbocycles. The summed E-state index contributed by atoms with van der Waals surface area (Å²) >= 11 is 0. The third kappa shape index (κ3) is 1.65. The number of rotatable bonds is 1. The molecule has 2 aromatic rings. The lowest BCUT2D eigenvalue weighted by atomic mass is 9.92. The second kappa shape index (κ2) is 4.73. The van der Waals surface area contributed by atoms with Gasteiger partial charge >= 0.3 is 11.6 Å². The zero-order valence-electron chi connectivity index (χ0n) is 12.9. The smallest absolute Gasteiger partial charge is 0.351 e. The minimum Gasteiger partial charge on any atom is -0.496 e. The highest BCUT2D eigenvalue weighted by atomic mass is 16.7. The molecule has 7 heteroatoms. The Hall–Kier alpha value is -2.54. The summed E-state index contributed by atoms with van der Waals surface area (Å²) in [5.74, 6) is 0.492. The highest BCUT2D eigenvalue weighted by Crippen LogP contribution is 2.50. The molecule has 4 heterocycles. The van der Waals surface area contributed by atoms with E-state index in [0.717, 1.165) is 12.0 Å². The van der Waals surface area contributed by atoms with Gasteiger partial charge < -0.3 is 23.4 Å². The van der Waals surface area contributed by atoms with Crippen molar-refractivity contribution in [3.63, 3.8) is 0 Å². The van der Waals surface area contributed by atoms with Gasteiger partial charge in [0.15, 0.2) is 0 Å².